The number of pyridine rings is 1. The van der Waals surface area contributed by atoms with Crippen molar-refractivity contribution >= 4 is 21.5 Å². The van der Waals surface area contributed by atoms with Crippen molar-refractivity contribution in [1.82, 2.24) is 25.4 Å². The number of halogens is 1. The summed E-state index contributed by atoms with van der Waals surface area (Å²) in [7, 11) is -1.22. The first-order valence-electron chi connectivity index (χ1n) is 12.6. The molecule has 10 nitrogen and oxygen atoms in total. The van der Waals surface area contributed by atoms with Gasteiger partial charge in [0.1, 0.15) is 5.69 Å². The maximum atomic E-state index is 14.3. The van der Waals surface area contributed by atoms with Crippen LogP contribution >= 0.6 is 0 Å². The highest BCUT2D eigenvalue weighted by Gasteiger charge is 2.55. The Morgan fingerprint density at radius 3 is 2.73 bits per heavy atom. The molecule has 0 unspecified atom stereocenters. The summed E-state index contributed by atoms with van der Waals surface area (Å²) in [5, 5.41) is 9.93. The molecule has 1 spiro atoms. The number of H-pyrrole nitrogens is 1. The zero-order valence-electron chi connectivity index (χ0n) is 21.3. The van der Waals surface area contributed by atoms with Crippen molar-refractivity contribution in [2.75, 3.05) is 26.0 Å². The van der Waals surface area contributed by atoms with Crippen LogP contribution in [0.4, 0.5) is 4.39 Å². The van der Waals surface area contributed by atoms with Crippen molar-refractivity contribution < 1.29 is 22.9 Å². The number of hydrogen-bond acceptors (Lipinski definition) is 7. The molecule has 5 rings (SSSR count). The minimum Gasteiger partial charge on any atom is -0.481 e. The minimum atomic E-state index is -2.65. The Hall–Kier alpha value is -3.02. The van der Waals surface area contributed by atoms with E-state index in [0.29, 0.717) is 38.1 Å². The van der Waals surface area contributed by atoms with E-state index in [1.807, 2.05) is 18.7 Å². The molecule has 1 saturated carbocycles. The number of nitrogens with one attached hydrogen (secondary N) is 3. The van der Waals surface area contributed by atoms with Crippen LogP contribution in [0.15, 0.2) is 18.3 Å². The smallest absolute Gasteiger partial charge is 0.272 e. The second-order valence-electron chi connectivity index (χ2n) is 11.0. The number of amides is 2. The highest BCUT2D eigenvalue weighted by molar-refractivity contribution is 7.94. The van der Waals surface area contributed by atoms with Crippen LogP contribution in [0.5, 0.6) is 5.88 Å². The number of aromatic amines is 1. The number of piperidine rings is 1. The average Bonchev–Trinajstić information content (AvgIpc) is 3.37. The van der Waals surface area contributed by atoms with Crippen molar-refractivity contribution in [3.63, 3.8) is 0 Å². The van der Waals surface area contributed by atoms with Gasteiger partial charge >= 0.3 is 0 Å². The monoisotopic (exact) mass is 532 g/mol. The fraction of sp³-hybridized carbons (Fsp3) is 0.600. The highest BCUT2D eigenvalue weighted by atomic mass is 32.2. The SMILES string of the molecule is COc1cc(-c2cc(C(=O)N3CC[C@H](C(=O)NC[C@@H]4CC[S@](=N)(=O)C4(C)C)CC34CC4)[nH]n2)c(F)cn1. The molecule has 3 N–H and O–H groups in total. The predicted octanol–water partition coefficient (Wildman–Crippen LogP) is 2.97. The molecule has 2 aromatic heterocycles. The van der Waals surface area contributed by atoms with Crippen LogP contribution in [-0.2, 0) is 14.5 Å². The number of nitrogens with zero attached hydrogens (tertiary/aromatic N) is 3. The fourth-order valence-electron chi connectivity index (χ4n) is 5.70. The molecule has 2 saturated heterocycles. The van der Waals surface area contributed by atoms with E-state index in [-0.39, 0.29) is 52.0 Å². The first kappa shape index (κ1) is 25.6. The van der Waals surface area contributed by atoms with Crippen LogP contribution in [-0.4, -0.2) is 72.3 Å². The Morgan fingerprint density at radius 1 is 1.32 bits per heavy atom. The molecule has 2 aliphatic heterocycles. The molecular formula is C25H33FN6O4S. The molecule has 12 heteroatoms. The molecule has 0 bridgehead atoms. The largest absolute Gasteiger partial charge is 0.481 e. The molecule has 0 aromatic carbocycles. The summed E-state index contributed by atoms with van der Waals surface area (Å²) in [5.74, 6) is -0.388. The third kappa shape index (κ3) is 4.49. The van der Waals surface area contributed by atoms with E-state index in [1.54, 1.807) is 0 Å². The summed E-state index contributed by atoms with van der Waals surface area (Å²) in [6.07, 6.45) is 4.52. The Kier molecular flexibility index (Phi) is 6.28. The van der Waals surface area contributed by atoms with Gasteiger partial charge in [-0.05, 0) is 57.9 Å². The molecule has 200 valence electrons. The van der Waals surface area contributed by atoms with E-state index >= 15 is 0 Å². The minimum absolute atomic E-state index is 0.0118. The average molecular weight is 533 g/mol. The topological polar surface area (TPSA) is 141 Å². The van der Waals surface area contributed by atoms with Crippen LogP contribution in [0.1, 0.15) is 56.4 Å². The number of likely N-dealkylation sites (tertiary alicyclic amines) is 1. The van der Waals surface area contributed by atoms with Crippen LogP contribution in [0, 0.1) is 22.4 Å². The van der Waals surface area contributed by atoms with Gasteiger partial charge in [-0.15, -0.1) is 0 Å². The molecule has 3 fully saturated rings. The zero-order valence-corrected chi connectivity index (χ0v) is 22.1. The lowest BCUT2D eigenvalue weighted by Gasteiger charge is -2.39. The van der Waals surface area contributed by atoms with Gasteiger partial charge in [0.15, 0.2) is 5.82 Å². The van der Waals surface area contributed by atoms with Gasteiger partial charge in [0.05, 0.1) is 23.7 Å². The van der Waals surface area contributed by atoms with Gasteiger partial charge in [-0.3, -0.25) is 19.5 Å². The quantitative estimate of drug-likeness (QED) is 0.522. The van der Waals surface area contributed by atoms with Gasteiger partial charge in [-0.1, -0.05) is 0 Å². The Bertz CT molecular complexity index is 1340. The number of methoxy groups -OCH3 is 1. The first-order valence-corrected chi connectivity index (χ1v) is 14.3. The number of carbonyl (C=O) groups excluding carboxylic acids is 2. The molecule has 37 heavy (non-hydrogen) atoms. The maximum Gasteiger partial charge on any atom is 0.272 e. The van der Waals surface area contributed by atoms with Crippen LogP contribution < -0.4 is 10.1 Å². The summed E-state index contributed by atoms with van der Waals surface area (Å²) in [5.41, 5.74) is 0.384. The summed E-state index contributed by atoms with van der Waals surface area (Å²) >= 11 is 0. The van der Waals surface area contributed by atoms with Crippen molar-refractivity contribution in [1.29, 1.82) is 4.78 Å². The van der Waals surface area contributed by atoms with Gasteiger partial charge in [0.2, 0.25) is 11.8 Å². The molecular weight excluding hydrogens is 499 g/mol. The number of hydrogen-bond donors (Lipinski definition) is 3. The van der Waals surface area contributed by atoms with Gasteiger partial charge in [0, 0.05) is 51.7 Å². The normalized spacial score (nSPS) is 27.7. The summed E-state index contributed by atoms with van der Waals surface area (Å²) in [6.45, 7) is 4.57. The van der Waals surface area contributed by atoms with E-state index in [0.717, 1.165) is 19.0 Å². The summed E-state index contributed by atoms with van der Waals surface area (Å²) in [6, 6.07) is 2.96. The van der Waals surface area contributed by atoms with E-state index in [9.17, 15) is 18.2 Å². The fourth-order valence-corrected chi connectivity index (χ4v) is 7.58. The first-order chi connectivity index (χ1) is 17.5. The zero-order chi connectivity index (χ0) is 26.6. The molecule has 3 atom stereocenters. The third-order valence-electron chi connectivity index (χ3n) is 8.58. The summed E-state index contributed by atoms with van der Waals surface area (Å²) < 4.78 is 39.4. The van der Waals surface area contributed by atoms with Gasteiger partial charge in [-0.2, -0.15) is 5.10 Å². The number of carbonyl (C=O) groups is 2. The molecule has 0 radical (unpaired) electrons. The van der Waals surface area contributed by atoms with Gasteiger partial charge in [0.25, 0.3) is 5.91 Å². The van der Waals surface area contributed by atoms with Crippen LogP contribution in [0.3, 0.4) is 0 Å². The van der Waals surface area contributed by atoms with Crippen LogP contribution in [0.25, 0.3) is 11.3 Å². The lowest BCUT2D eigenvalue weighted by molar-refractivity contribution is -0.127. The number of rotatable bonds is 6. The van der Waals surface area contributed by atoms with Gasteiger partial charge < -0.3 is 15.0 Å². The van der Waals surface area contributed by atoms with Crippen molar-refractivity contribution in [2.45, 2.75) is 56.2 Å². The third-order valence-corrected chi connectivity index (χ3v) is 11.4. The number of ether oxygens (including phenoxy) is 1. The molecule has 4 heterocycles. The second kappa shape index (κ2) is 9.07. The summed E-state index contributed by atoms with van der Waals surface area (Å²) in [4.78, 5) is 32.1. The lowest BCUT2D eigenvalue weighted by Crippen LogP contribution is -2.51. The highest BCUT2D eigenvalue weighted by Crippen LogP contribution is 2.50. The lowest BCUT2D eigenvalue weighted by atomic mass is 9.87. The molecule has 1 aliphatic carbocycles. The predicted molar refractivity (Wildman–Crippen MR) is 135 cm³/mol. The molecule has 2 amide bonds. The van der Waals surface area contributed by atoms with Crippen molar-refractivity contribution in [3.8, 4) is 17.1 Å². The van der Waals surface area contributed by atoms with Crippen molar-refractivity contribution in [2.24, 2.45) is 11.8 Å². The number of aromatic nitrogens is 3. The second-order valence-corrected chi connectivity index (χ2v) is 13.8. The van der Waals surface area contributed by atoms with E-state index < -0.39 is 20.3 Å². The van der Waals surface area contributed by atoms with Crippen LogP contribution in [0.2, 0.25) is 0 Å². The Morgan fingerprint density at radius 2 is 2.08 bits per heavy atom. The molecule has 2 aromatic rings. The molecule has 3 aliphatic rings. The maximum absolute atomic E-state index is 14.3. The van der Waals surface area contributed by atoms with E-state index in [1.165, 1.54) is 19.2 Å². The standard InChI is InChI=1S/C25H33FN6O4S/c1-24(2)16(5-9-37(24,27)35)13-29-22(33)15-4-8-32(25(12-15)6-7-25)23(34)20-11-19(30-31-20)17-10-21(36-3)28-14-18(17)26/h10-11,14-16,27H,4-9,12-13H2,1-3H3,(H,29,33)(H,30,31)/t15-,16-,37-/m0/s1. The Labute approximate surface area is 215 Å². The van der Waals surface area contributed by atoms with Gasteiger partial charge in [-0.25, -0.2) is 13.6 Å². The van der Waals surface area contributed by atoms with E-state index in [2.05, 4.69) is 20.5 Å². The van der Waals surface area contributed by atoms with E-state index in [4.69, 9.17) is 9.52 Å². The van der Waals surface area contributed by atoms with Crippen molar-refractivity contribution in [3.05, 3.63) is 29.8 Å². The Balaban J connectivity index is 1.23.